The molecule has 0 atom stereocenters. The summed E-state index contributed by atoms with van der Waals surface area (Å²) in [5, 5.41) is 0. The maximum absolute atomic E-state index is 11.6. The molecule has 0 aliphatic carbocycles. The normalized spacial score (nSPS) is 15.3. The van der Waals surface area contributed by atoms with Crippen molar-refractivity contribution in [2.75, 3.05) is 39.3 Å². The molecule has 1 aromatic rings. The quantitative estimate of drug-likeness (QED) is 0.773. The fourth-order valence-electron chi connectivity index (χ4n) is 2.65. The van der Waals surface area contributed by atoms with Crippen LogP contribution in [0.4, 0.5) is 0 Å². The maximum atomic E-state index is 11.6. The highest BCUT2D eigenvalue weighted by atomic mass is 16.2. The molecular formula is C16H25N3O. The van der Waals surface area contributed by atoms with Crippen LogP contribution in [-0.4, -0.2) is 55.0 Å². The van der Waals surface area contributed by atoms with E-state index >= 15 is 0 Å². The van der Waals surface area contributed by atoms with Gasteiger partial charge in [0.15, 0.2) is 0 Å². The zero-order valence-corrected chi connectivity index (χ0v) is 12.1. The van der Waals surface area contributed by atoms with Crippen molar-refractivity contribution in [2.24, 2.45) is 5.73 Å². The molecule has 0 saturated carbocycles. The molecule has 1 fully saturated rings. The number of rotatable bonds is 8. The van der Waals surface area contributed by atoms with E-state index in [0.29, 0.717) is 12.5 Å². The number of likely N-dealkylation sites (tertiary alicyclic amines) is 1. The Morgan fingerprint density at radius 2 is 1.95 bits per heavy atom. The van der Waals surface area contributed by atoms with Crippen LogP contribution in [0.5, 0.6) is 0 Å². The molecule has 1 saturated heterocycles. The molecule has 20 heavy (non-hydrogen) atoms. The summed E-state index contributed by atoms with van der Waals surface area (Å²) in [4.78, 5) is 15.9. The molecule has 4 heteroatoms. The number of benzene rings is 1. The summed E-state index contributed by atoms with van der Waals surface area (Å²) < 4.78 is 0. The number of carbonyl (C=O) groups excluding carboxylic acids is 1. The van der Waals surface area contributed by atoms with E-state index in [0.717, 1.165) is 52.0 Å². The third kappa shape index (κ3) is 4.62. The lowest BCUT2D eigenvalue weighted by Crippen LogP contribution is -2.39. The minimum absolute atomic E-state index is 0.306. The van der Waals surface area contributed by atoms with Crippen molar-refractivity contribution in [3.8, 4) is 0 Å². The molecule has 1 aliphatic heterocycles. The van der Waals surface area contributed by atoms with Crippen molar-refractivity contribution >= 4 is 5.91 Å². The summed E-state index contributed by atoms with van der Waals surface area (Å²) in [5.74, 6) is 0.306. The lowest BCUT2D eigenvalue weighted by molar-refractivity contribution is -0.127. The average molecular weight is 275 g/mol. The van der Waals surface area contributed by atoms with Crippen LogP contribution in [0.2, 0.25) is 0 Å². The van der Waals surface area contributed by atoms with Gasteiger partial charge in [0, 0.05) is 45.7 Å². The summed E-state index contributed by atoms with van der Waals surface area (Å²) in [5.41, 5.74) is 7.04. The van der Waals surface area contributed by atoms with Gasteiger partial charge < -0.3 is 10.6 Å². The van der Waals surface area contributed by atoms with Gasteiger partial charge in [0.25, 0.3) is 0 Å². The highest BCUT2D eigenvalue weighted by Crippen LogP contribution is 2.09. The molecule has 0 bridgehead atoms. The first kappa shape index (κ1) is 15.0. The molecule has 1 amide bonds. The van der Waals surface area contributed by atoms with Crippen LogP contribution < -0.4 is 5.73 Å². The van der Waals surface area contributed by atoms with E-state index in [-0.39, 0.29) is 0 Å². The molecule has 1 aliphatic rings. The van der Waals surface area contributed by atoms with E-state index in [9.17, 15) is 4.79 Å². The molecule has 1 heterocycles. The maximum Gasteiger partial charge on any atom is 0.222 e. The minimum atomic E-state index is 0.306. The zero-order valence-electron chi connectivity index (χ0n) is 12.1. The summed E-state index contributed by atoms with van der Waals surface area (Å²) >= 11 is 0. The Hall–Kier alpha value is -1.39. The number of nitrogens with two attached hydrogens (primary N) is 1. The van der Waals surface area contributed by atoms with Gasteiger partial charge >= 0.3 is 0 Å². The third-order valence-electron chi connectivity index (χ3n) is 3.86. The predicted molar refractivity (Wildman–Crippen MR) is 81.5 cm³/mol. The Morgan fingerprint density at radius 3 is 2.60 bits per heavy atom. The Kier molecular flexibility index (Phi) is 6.02. The number of carbonyl (C=O) groups is 1. The standard InChI is InChI=1S/C16H25N3O/c17-9-12-18(11-8-15-5-2-1-3-6-15)13-14-19-10-4-7-16(19)20/h1-3,5-6H,4,7-14,17H2. The second-order valence-electron chi connectivity index (χ2n) is 5.35. The fraction of sp³-hybridized carbons (Fsp3) is 0.562. The van der Waals surface area contributed by atoms with E-state index in [4.69, 9.17) is 5.73 Å². The third-order valence-corrected chi connectivity index (χ3v) is 3.86. The van der Waals surface area contributed by atoms with E-state index in [1.807, 2.05) is 11.0 Å². The number of amides is 1. The largest absolute Gasteiger partial charge is 0.341 e. The lowest BCUT2D eigenvalue weighted by atomic mass is 10.1. The van der Waals surface area contributed by atoms with E-state index in [1.165, 1.54) is 5.56 Å². The molecule has 2 rings (SSSR count). The summed E-state index contributed by atoms with van der Waals surface area (Å²) in [6.07, 6.45) is 2.77. The highest BCUT2D eigenvalue weighted by Gasteiger charge is 2.20. The van der Waals surface area contributed by atoms with Gasteiger partial charge in [-0.2, -0.15) is 0 Å². The first-order valence-corrected chi connectivity index (χ1v) is 7.53. The lowest BCUT2D eigenvalue weighted by Gasteiger charge is -2.25. The number of hydrogen-bond donors (Lipinski definition) is 1. The van der Waals surface area contributed by atoms with Crippen molar-refractivity contribution in [1.29, 1.82) is 0 Å². The van der Waals surface area contributed by atoms with Crippen LogP contribution in [-0.2, 0) is 11.2 Å². The van der Waals surface area contributed by atoms with Crippen LogP contribution in [0.1, 0.15) is 18.4 Å². The SMILES string of the molecule is NCCN(CCc1ccccc1)CCN1CCCC1=O. The summed E-state index contributed by atoms with van der Waals surface area (Å²) in [6.45, 7) is 5.26. The van der Waals surface area contributed by atoms with E-state index < -0.39 is 0 Å². The molecule has 110 valence electrons. The summed E-state index contributed by atoms with van der Waals surface area (Å²) in [7, 11) is 0. The molecule has 2 N–H and O–H groups in total. The Labute approximate surface area is 121 Å². The molecule has 1 aromatic carbocycles. The van der Waals surface area contributed by atoms with E-state index in [2.05, 4.69) is 29.2 Å². The Morgan fingerprint density at radius 1 is 1.15 bits per heavy atom. The van der Waals surface area contributed by atoms with Crippen LogP contribution in [0.15, 0.2) is 30.3 Å². The highest BCUT2D eigenvalue weighted by molar-refractivity contribution is 5.78. The molecule has 0 spiro atoms. The fourth-order valence-corrected chi connectivity index (χ4v) is 2.65. The monoisotopic (exact) mass is 275 g/mol. The topological polar surface area (TPSA) is 49.6 Å². The first-order valence-electron chi connectivity index (χ1n) is 7.53. The van der Waals surface area contributed by atoms with Gasteiger partial charge in [-0.1, -0.05) is 30.3 Å². The predicted octanol–water partition coefficient (Wildman–Crippen LogP) is 1.11. The van der Waals surface area contributed by atoms with Gasteiger partial charge in [0.2, 0.25) is 5.91 Å². The first-order chi connectivity index (χ1) is 9.79. The molecular weight excluding hydrogens is 250 g/mol. The Bertz CT molecular complexity index is 407. The van der Waals surface area contributed by atoms with Crippen molar-refractivity contribution in [1.82, 2.24) is 9.80 Å². The van der Waals surface area contributed by atoms with Crippen molar-refractivity contribution in [2.45, 2.75) is 19.3 Å². The van der Waals surface area contributed by atoms with Crippen LogP contribution in [0.3, 0.4) is 0 Å². The Balaban J connectivity index is 1.76. The minimum Gasteiger partial charge on any atom is -0.341 e. The van der Waals surface area contributed by atoms with Gasteiger partial charge in [0.1, 0.15) is 0 Å². The van der Waals surface area contributed by atoms with Gasteiger partial charge in [-0.3, -0.25) is 9.69 Å². The second-order valence-corrected chi connectivity index (χ2v) is 5.35. The molecule has 0 radical (unpaired) electrons. The van der Waals surface area contributed by atoms with Gasteiger partial charge in [-0.05, 0) is 18.4 Å². The molecule has 0 unspecified atom stereocenters. The van der Waals surface area contributed by atoms with Crippen LogP contribution in [0.25, 0.3) is 0 Å². The summed E-state index contributed by atoms with van der Waals surface area (Å²) in [6, 6.07) is 10.5. The molecule has 0 aromatic heterocycles. The smallest absolute Gasteiger partial charge is 0.222 e. The average Bonchev–Trinajstić information content (AvgIpc) is 2.88. The van der Waals surface area contributed by atoms with Crippen LogP contribution >= 0.6 is 0 Å². The van der Waals surface area contributed by atoms with E-state index in [1.54, 1.807) is 0 Å². The van der Waals surface area contributed by atoms with Crippen LogP contribution in [0, 0.1) is 0 Å². The van der Waals surface area contributed by atoms with Gasteiger partial charge in [-0.25, -0.2) is 0 Å². The number of hydrogen-bond acceptors (Lipinski definition) is 3. The van der Waals surface area contributed by atoms with Gasteiger partial charge in [-0.15, -0.1) is 0 Å². The molecule has 4 nitrogen and oxygen atoms in total. The van der Waals surface area contributed by atoms with Gasteiger partial charge in [0.05, 0.1) is 0 Å². The van der Waals surface area contributed by atoms with Crippen molar-refractivity contribution < 1.29 is 4.79 Å². The van der Waals surface area contributed by atoms with Crippen molar-refractivity contribution in [3.05, 3.63) is 35.9 Å². The zero-order chi connectivity index (χ0) is 14.2. The van der Waals surface area contributed by atoms with Crippen molar-refractivity contribution in [3.63, 3.8) is 0 Å². The second kappa shape index (κ2) is 8.02. The number of nitrogens with zero attached hydrogens (tertiary/aromatic N) is 2.